The predicted octanol–water partition coefficient (Wildman–Crippen LogP) is -1.30. The zero-order valence-electron chi connectivity index (χ0n) is 2.32. The molecular weight excluding hydrogens is 337 g/mol. The van der Waals surface area contributed by atoms with Gasteiger partial charge >= 0.3 is 17.1 Å². The Morgan fingerprint density at radius 1 is 0.750 bits per heavy atom. The Labute approximate surface area is 78.6 Å². The van der Waals surface area contributed by atoms with Crippen molar-refractivity contribution in [3.05, 3.63) is 0 Å². The molecule has 0 bridgehead atoms. The van der Waals surface area contributed by atoms with Crippen LogP contribution in [0.5, 0.6) is 0 Å². The molecule has 0 atom stereocenters. The van der Waals surface area contributed by atoms with Crippen molar-refractivity contribution in [3.63, 3.8) is 0 Å². The van der Waals surface area contributed by atoms with Crippen LogP contribution in [0.25, 0.3) is 0 Å². The van der Waals surface area contributed by atoms with Gasteiger partial charge in [-0.05, 0) is 0 Å². The second kappa shape index (κ2) is 17.7. The van der Waals surface area contributed by atoms with Crippen LogP contribution in [0.1, 0.15) is 0 Å². The van der Waals surface area contributed by atoms with Gasteiger partial charge < -0.3 is 0 Å². The molecule has 0 aliphatic carbocycles. The molecule has 0 aromatic carbocycles. The molecule has 18 valence electrons. The summed E-state index contributed by atoms with van der Waals surface area (Å²) in [5.74, 6) is 0. The molecule has 0 amide bonds. The van der Waals surface area contributed by atoms with Gasteiger partial charge in [-0.15, -0.1) is 0 Å². The summed E-state index contributed by atoms with van der Waals surface area (Å²) in [6.45, 7) is 0. The van der Waals surface area contributed by atoms with Crippen molar-refractivity contribution in [2.24, 2.45) is 0 Å². The fourth-order valence-corrected chi connectivity index (χ4v) is 0. The third kappa shape index (κ3) is 8.82. The van der Waals surface area contributed by atoms with Crippen LogP contribution in [0.3, 0.4) is 0 Å². The Kier molecular flexibility index (Phi) is 137. The Bertz CT molecular complexity index is 6.00. The standard InChI is InChI=1S/H2Se.Te.2Zn/h1H2;;;. The Morgan fingerprint density at radius 3 is 0.750 bits per heavy atom. The Balaban J connectivity index is 0. The minimum atomic E-state index is 0. The van der Waals surface area contributed by atoms with Gasteiger partial charge in [-0.3, -0.25) is 0 Å². The van der Waals surface area contributed by atoms with Crippen LogP contribution in [0.15, 0.2) is 0 Å². The van der Waals surface area contributed by atoms with Crippen molar-refractivity contribution in [1.29, 1.82) is 0 Å². The van der Waals surface area contributed by atoms with Crippen molar-refractivity contribution < 1.29 is 39.0 Å². The second-order valence-corrected chi connectivity index (χ2v) is 0. The molecule has 0 aromatic rings. The fraction of sp³-hybridized carbons (Fsp3) is 0. The summed E-state index contributed by atoms with van der Waals surface area (Å²) in [6, 6.07) is 0. The van der Waals surface area contributed by atoms with Crippen LogP contribution in [0.2, 0.25) is 0 Å². The van der Waals surface area contributed by atoms with Gasteiger partial charge in [-0.1, -0.05) is 0 Å². The monoisotopic (exact) mass is 340 g/mol. The molecule has 0 unspecified atom stereocenters. The van der Waals surface area contributed by atoms with Crippen molar-refractivity contribution >= 4 is 40.7 Å². The molecule has 0 spiro atoms. The van der Waals surface area contributed by atoms with Crippen LogP contribution >= 0.6 is 0 Å². The quantitative estimate of drug-likeness (QED) is 0.481. The summed E-state index contributed by atoms with van der Waals surface area (Å²) in [7, 11) is 0. The van der Waals surface area contributed by atoms with Crippen LogP contribution in [0, 0.1) is 0 Å². The smallest absolute Gasteiger partial charge is 0 e. The zero-order chi connectivity index (χ0) is 0. The summed E-state index contributed by atoms with van der Waals surface area (Å²) in [5.41, 5.74) is 0. The van der Waals surface area contributed by atoms with E-state index < -0.39 is 0 Å². The Hall–Kier alpha value is 2.56. The summed E-state index contributed by atoms with van der Waals surface area (Å²) in [5, 5.41) is 0. The number of hydrogen-bond donors (Lipinski definition) is 0. The molecule has 0 saturated carbocycles. The van der Waals surface area contributed by atoms with E-state index in [9.17, 15) is 0 Å². The maximum Gasteiger partial charge on any atom is 0 e. The Morgan fingerprint density at radius 2 is 0.750 bits per heavy atom. The average molecular weight is 339 g/mol. The third-order valence-electron chi connectivity index (χ3n) is 0. The molecule has 0 fully saturated rings. The molecular formula is H2SeTeZn2. The van der Waals surface area contributed by atoms with E-state index in [1.807, 2.05) is 0 Å². The van der Waals surface area contributed by atoms with Crippen LogP contribution < -0.4 is 0 Å². The maximum absolute atomic E-state index is 0. The zero-order valence-corrected chi connectivity index (χ0v) is 12.7. The van der Waals surface area contributed by atoms with E-state index in [0.717, 1.165) is 0 Å². The molecule has 0 aromatic heterocycles. The van der Waals surface area contributed by atoms with Gasteiger partial charge in [0.15, 0.2) is 0 Å². The summed E-state index contributed by atoms with van der Waals surface area (Å²) in [4.78, 5) is 0. The fourth-order valence-electron chi connectivity index (χ4n) is 0. The normalized spacial score (nSPS) is 0. The van der Waals surface area contributed by atoms with Crippen LogP contribution in [-0.2, 0) is 39.0 Å². The average Bonchev–Trinajstić information content (AvgIpc) is 0. The molecule has 0 saturated heterocycles. The van der Waals surface area contributed by atoms with Gasteiger partial charge in [0.2, 0.25) is 0 Å². The van der Waals surface area contributed by atoms with Gasteiger partial charge in [0.1, 0.15) is 0 Å². The maximum atomic E-state index is 0. The first kappa shape index (κ1) is 31.0. The van der Waals surface area contributed by atoms with E-state index in [4.69, 9.17) is 0 Å². The van der Waals surface area contributed by atoms with E-state index in [0.29, 0.717) is 0 Å². The van der Waals surface area contributed by atoms with Crippen molar-refractivity contribution in [3.8, 4) is 0 Å². The molecule has 0 nitrogen and oxygen atoms in total. The van der Waals surface area contributed by atoms with Gasteiger partial charge in [0, 0.05) is 62.6 Å². The summed E-state index contributed by atoms with van der Waals surface area (Å²) in [6.07, 6.45) is 0. The van der Waals surface area contributed by atoms with E-state index in [-0.39, 0.29) is 79.7 Å². The first-order valence-electron chi connectivity index (χ1n) is 0. The van der Waals surface area contributed by atoms with Gasteiger partial charge in [0.25, 0.3) is 0 Å². The van der Waals surface area contributed by atoms with Crippen molar-refractivity contribution in [2.45, 2.75) is 0 Å². The molecule has 0 rings (SSSR count). The topological polar surface area (TPSA) is 0 Å². The molecule has 0 aliphatic heterocycles. The van der Waals surface area contributed by atoms with Gasteiger partial charge in [-0.25, -0.2) is 0 Å². The predicted molar refractivity (Wildman–Crippen MR) is 14.3 cm³/mol. The largest absolute Gasteiger partial charge is 0 e. The minimum absolute atomic E-state index is 0. The molecule has 0 aliphatic rings. The van der Waals surface area contributed by atoms with Gasteiger partial charge in [0.05, 0.1) is 0 Å². The summed E-state index contributed by atoms with van der Waals surface area (Å²) >= 11 is 0. The van der Waals surface area contributed by atoms with Crippen molar-refractivity contribution in [1.82, 2.24) is 0 Å². The second-order valence-electron chi connectivity index (χ2n) is 0. The summed E-state index contributed by atoms with van der Waals surface area (Å²) < 4.78 is 0. The first-order valence-corrected chi connectivity index (χ1v) is 0. The van der Waals surface area contributed by atoms with Crippen molar-refractivity contribution in [2.75, 3.05) is 0 Å². The SMILES string of the molecule is [SeH2].[Te].[Zn].[Zn]. The van der Waals surface area contributed by atoms with Crippen LogP contribution in [-0.4, -0.2) is 40.7 Å². The first-order chi connectivity index (χ1) is 0. The van der Waals surface area contributed by atoms with E-state index >= 15 is 0 Å². The van der Waals surface area contributed by atoms with E-state index in [1.165, 1.54) is 0 Å². The molecule has 2 radical (unpaired) electrons. The third-order valence-corrected chi connectivity index (χ3v) is 0. The van der Waals surface area contributed by atoms with Crippen LogP contribution in [0.4, 0.5) is 0 Å². The van der Waals surface area contributed by atoms with E-state index in [2.05, 4.69) is 0 Å². The number of rotatable bonds is 0. The minimum Gasteiger partial charge on any atom is 0 e. The van der Waals surface area contributed by atoms with E-state index in [1.54, 1.807) is 0 Å². The van der Waals surface area contributed by atoms with Gasteiger partial charge in [-0.2, -0.15) is 0 Å². The molecule has 0 heterocycles. The molecule has 4 heavy (non-hydrogen) atoms. The molecule has 4 heteroatoms. The number of hydrogen-bond acceptors (Lipinski definition) is 0. The molecule has 0 N–H and O–H groups in total.